The zero-order valence-corrected chi connectivity index (χ0v) is 14.3. The SMILES string of the molecule is CC(C)(C)NCC1(Cc2ccc(I)cc2)CCOC1. The quantitative estimate of drug-likeness (QED) is 0.814. The molecule has 0 aliphatic carbocycles. The second kappa shape index (κ2) is 6.10. The standard InChI is InChI=1S/C16H24INO/c1-15(2,3)18-11-16(8-9-19-12-16)10-13-4-6-14(17)7-5-13/h4-7,18H,8-12H2,1-3H3. The summed E-state index contributed by atoms with van der Waals surface area (Å²) in [7, 11) is 0. The highest BCUT2D eigenvalue weighted by Gasteiger charge is 2.35. The maximum atomic E-state index is 5.68. The lowest BCUT2D eigenvalue weighted by Crippen LogP contribution is -2.45. The molecule has 0 spiro atoms. The third-order valence-electron chi connectivity index (χ3n) is 3.67. The first-order valence-corrected chi connectivity index (χ1v) is 8.04. The Kier molecular flexibility index (Phi) is 4.90. The summed E-state index contributed by atoms with van der Waals surface area (Å²) in [6.07, 6.45) is 2.26. The van der Waals surface area contributed by atoms with Gasteiger partial charge in [0.15, 0.2) is 0 Å². The van der Waals surface area contributed by atoms with Crippen molar-refractivity contribution in [2.75, 3.05) is 19.8 Å². The molecule has 3 heteroatoms. The van der Waals surface area contributed by atoms with Gasteiger partial charge in [-0.05, 0) is 73.9 Å². The molecule has 106 valence electrons. The van der Waals surface area contributed by atoms with E-state index in [-0.39, 0.29) is 11.0 Å². The van der Waals surface area contributed by atoms with Crippen molar-refractivity contribution in [3.05, 3.63) is 33.4 Å². The molecule has 1 aliphatic heterocycles. The maximum absolute atomic E-state index is 5.68. The number of hydrogen-bond donors (Lipinski definition) is 1. The molecular weight excluding hydrogens is 349 g/mol. The maximum Gasteiger partial charge on any atom is 0.0538 e. The van der Waals surface area contributed by atoms with Crippen molar-refractivity contribution in [2.24, 2.45) is 5.41 Å². The average Bonchev–Trinajstić information content (AvgIpc) is 2.78. The van der Waals surface area contributed by atoms with E-state index in [1.54, 1.807) is 0 Å². The van der Waals surface area contributed by atoms with E-state index in [1.807, 2.05) is 0 Å². The molecular formula is C16H24INO. The lowest BCUT2D eigenvalue weighted by molar-refractivity contribution is 0.144. The summed E-state index contributed by atoms with van der Waals surface area (Å²) in [5.74, 6) is 0. The van der Waals surface area contributed by atoms with E-state index in [0.29, 0.717) is 0 Å². The molecule has 1 aromatic carbocycles. The minimum atomic E-state index is 0.168. The topological polar surface area (TPSA) is 21.3 Å². The van der Waals surface area contributed by atoms with E-state index >= 15 is 0 Å². The van der Waals surface area contributed by atoms with Crippen LogP contribution in [0, 0.1) is 8.99 Å². The van der Waals surface area contributed by atoms with Crippen LogP contribution in [0.15, 0.2) is 24.3 Å². The normalized spacial score (nSPS) is 23.8. The first-order chi connectivity index (χ1) is 8.89. The fourth-order valence-electron chi connectivity index (χ4n) is 2.48. The molecule has 1 saturated heterocycles. The first kappa shape index (κ1) is 15.3. The second-order valence-electron chi connectivity index (χ2n) is 6.71. The Hall–Kier alpha value is -0.130. The largest absolute Gasteiger partial charge is 0.381 e. The van der Waals surface area contributed by atoms with Crippen LogP contribution in [0.1, 0.15) is 32.8 Å². The van der Waals surface area contributed by atoms with Gasteiger partial charge < -0.3 is 10.1 Å². The molecule has 2 nitrogen and oxygen atoms in total. The number of rotatable bonds is 4. The van der Waals surface area contributed by atoms with Gasteiger partial charge in [-0.2, -0.15) is 0 Å². The predicted molar refractivity (Wildman–Crippen MR) is 88.5 cm³/mol. The van der Waals surface area contributed by atoms with Crippen molar-refractivity contribution < 1.29 is 4.74 Å². The molecule has 1 unspecified atom stereocenters. The molecule has 0 aromatic heterocycles. The summed E-state index contributed by atoms with van der Waals surface area (Å²) >= 11 is 2.35. The van der Waals surface area contributed by atoms with E-state index in [2.05, 4.69) is 72.9 Å². The van der Waals surface area contributed by atoms with Crippen molar-refractivity contribution >= 4 is 22.6 Å². The summed E-state index contributed by atoms with van der Waals surface area (Å²) in [5.41, 5.74) is 1.85. The van der Waals surface area contributed by atoms with Gasteiger partial charge >= 0.3 is 0 Å². The van der Waals surface area contributed by atoms with Crippen molar-refractivity contribution in [1.82, 2.24) is 5.32 Å². The van der Waals surface area contributed by atoms with Crippen molar-refractivity contribution in [3.8, 4) is 0 Å². The number of halogens is 1. The third-order valence-corrected chi connectivity index (χ3v) is 4.39. The van der Waals surface area contributed by atoms with E-state index in [0.717, 1.165) is 32.6 Å². The molecule has 0 bridgehead atoms. The Labute approximate surface area is 130 Å². The Morgan fingerprint density at radius 1 is 1.26 bits per heavy atom. The highest BCUT2D eigenvalue weighted by molar-refractivity contribution is 14.1. The van der Waals surface area contributed by atoms with E-state index in [1.165, 1.54) is 9.13 Å². The fraction of sp³-hybridized carbons (Fsp3) is 0.625. The van der Waals surface area contributed by atoms with E-state index in [4.69, 9.17) is 4.74 Å². The monoisotopic (exact) mass is 373 g/mol. The molecule has 0 radical (unpaired) electrons. The molecule has 1 fully saturated rings. The number of benzene rings is 1. The highest BCUT2D eigenvalue weighted by atomic mass is 127. The van der Waals surface area contributed by atoms with Gasteiger partial charge in [-0.15, -0.1) is 0 Å². The Balaban J connectivity index is 2.05. The van der Waals surface area contributed by atoms with Crippen LogP contribution in [0.4, 0.5) is 0 Å². The minimum absolute atomic E-state index is 0.168. The Morgan fingerprint density at radius 3 is 2.47 bits per heavy atom. The van der Waals surface area contributed by atoms with Crippen LogP contribution in [0.3, 0.4) is 0 Å². The highest BCUT2D eigenvalue weighted by Crippen LogP contribution is 2.32. The van der Waals surface area contributed by atoms with Crippen LogP contribution < -0.4 is 5.32 Å². The van der Waals surface area contributed by atoms with Gasteiger partial charge in [-0.25, -0.2) is 0 Å². The molecule has 0 amide bonds. The van der Waals surface area contributed by atoms with Gasteiger partial charge in [0.1, 0.15) is 0 Å². The van der Waals surface area contributed by atoms with Gasteiger partial charge in [0.05, 0.1) is 6.61 Å². The van der Waals surface area contributed by atoms with Crippen LogP contribution in [0.5, 0.6) is 0 Å². The smallest absolute Gasteiger partial charge is 0.0538 e. The van der Waals surface area contributed by atoms with Gasteiger partial charge in [0.2, 0.25) is 0 Å². The molecule has 2 rings (SSSR count). The summed E-state index contributed by atoms with van der Waals surface area (Å²) in [5, 5.41) is 3.65. The van der Waals surface area contributed by atoms with Crippen molar-refractivity contribution in [1.29, 1.82) is 0 Å². The van der Waals surface area contributed by atoms with Gasteiger partial charge in [0, 0.05) is 27.7 Å². The van der Waals surface area contributed by atoms with Crippen molar-refractivity contribution in [2.45, 2.75) is 39.2 Å². The van der Waals surface area contributed by atoms with Crippen molar-refractivity contribution in [3.63, 3.8) is 0 Å². The van der Waals surface area contributed by atoms with Crippen LogP contribution >= 0.6 is 22.6 Å². The number of ether oxygens (including phenoxy) is 1. The molecule has 1 heterocycles. The van der Waals surface area contributed by atoms with Gasteiger partial charge in [0.25, 0.3) is 0 Å². The fourth-order valence-corrected chi connectivity index (χ4v) is 2.84. The zero-order valence-electron chi connectivity index (χ0n) is 12.1. The third kappa shape index (κ3) is 4.72. The number of hydrogen-bond acceptors (Lipinski definition) is 2. The van der Waals surface area contributed by atoms with E-state index < -0.39 is 0 Å². The summed E-state index contributed by atoms with van der Waals surface area (Å²) < 4.78 is 6.98. The van der Waals surface area contributed by atoms with Crippen LogP contribution in [0.2, 0.25) is 0 Å². The lowest BCUT2D eigenvalue weighted by Gasteiger charge is -2.32. The average molecular weight is 373 g/mol. The Bertz CT molecular complexity index is 402. The predicted octanol–water partition coefficient (Wildman–Crippen LogP) is 3.63. The summed E-state index contributed by atoms with van der Waals surface area (Å²) in [6.45, 7) is 9.48. The van der Waals surface area contributed by atoms with Crippen LogP contribution in [-0.2, 0) is 11.2 Å². The summed E-state index contributed by atoms with van der Waals surface area (Å²) in [6, 6.07) is 8.88. The van der Waals surface area contributed by atoms with Crippen LogP contribution in [-0.4, -0.2) is 25.3 Å². The number of nitrogens with one attached hydrogen (secondary N) is 1. The van der Waals surface area contributed by atoms with Crippen LogP contribution in [0.25, 0.3) is 0 Å². The van der Waals surface area contributed by atoms with Gasteiger partial charge in [-0.3, -0.25) is 0 Å². The van der Waals surface area contributed by atoms with Gasteiger partial charge in [-0.1, -0.05) is 12.1 Å². The zero-order chi connectivity index (χ0) is 13.9. The molecule has 1 atom stereocenters. The molecule has 19 heavy (non-hydrogen) atoms. The lowest BCUT2D eigenvalue weighted by atomic mass is 9.80. The molecule has 1 N–H and O–H groups in total. The second-order valence-corrected chi connectivity index (χ2v) is 7.96. The molecule has 1 aromatic rings. The molecule has 1 aliphatic rings. The van der Waals surface area contributed by atoms with E-state index in [9.17, 15) is 0 Å². The molecule has 0 saturated carbocycles. The minimum Gasteiger partial charge on any atom is -0.381 e. The first-order valence-electron chi connectivity index (χ1n) is 6.96. The Morgan fingerprint density at radius 2 is 1.95 bits per heavy atom. The summed E-state index contributed by atoms with van der Waals surface area (Å²) in [4.78, 5) is 0.